The van der Waals surface area contributed by atoms with Gasteiger partial charge in [0.25, 0.3) is 0 Å². The molecule has 2 rings (SSSR count). The zero-order valence-corrected chi connectivity index (χ0v) is 10.1. The SMILES string of the molecule is Cc1ccc(N)c(N2CC(CN=[N+]=[N-])CC2=O)n1. The van der Waals surface area contributed by atoms with Crippen molar-refractivity contribution in [2.24, 2.45) is 11.0 Å². The van der Waals surface area contributed by atoms with Crippen molar-refractivity contribution in [3.63, 3.8) is 0 Å². The number of amides is 1. The largest absolute Gasteiger partial charge is 0.396 e. The van der Waals surface area contributed by atoms with Gasteiger partial charge < -0.3 is 5.73 Å². The fourth-order valence-electron chi connectivity index (χ4n) is 2.03. The van der Waals surface area contributed by atoms with E-state index in [1.165, 1.54) is 0 Å². The second-order valence-electron chi connectivity index (χ2n) is 4.35. The van der Waals surface area contributed by atoms with E-state index in [4.69, 9.17) is 11.3 Å². The van der Waals surface area contributed by atoms with Crippen LogP contribution in [0.3, 0.4) is 0 Å². The van der Waals surface area contributed by atoms with Crippen molar-refractivity contribution in [2.75, 3.05) is 23.7 Å². The Morgan fingerprint density at radius 3 is 3.17 bits per heavy atom. The Morgan fingerprint density at radius 2 is 2.44 bits per heavy atom. The zero-order valence-electron chi connectivity index (χ0n) is 10.1. The number of nitrogens with two attached hydrogens (primary N) is 1. The molecule has 0 saturated carbocycles. The van der Waals surface area contributed by atoms with Crippen LogP contribution in [0.5, 0.6) is 0 Å². The van der Waals surface area contributed by atoms with Gasteiger partial charge in [-0.3, -0.25) is 9.69 Å². The minimum absolute atomic E-state index is 0.0297. The molecule has 1 aliphatic rings. The minimum atomic E-state index is -0.0297. The number of carbonyl (C=O) groups excluding carboxylic acids is 1. The second-order valence-corrected chi connectivity index (χ2v) is 4.35. The van der Waals surface area contributed by atoms with Crippen molar-refractivity contribution in [3.8, 4) is 0 Å². The van der Waals surface area contributed by atoms with Gasteiger partial charge in [-0.25, -0.2) is 4.98 Å². The summed E-state index contributed by atoms with van der Waals surface area (Å²) >= 11 is 0. The third-order valence-corrected chi connectivity index (χ3v) is 2.91. The third kappa shape index (κ3) is 2.36. The van der Waals surface area contributed by atoms with Crippen LogP contribution in [-0.4, -0.2) is 24.0 Å². The van der Waals surface area contributed by atoms with Crippen LogP contribution in [0.2, 0.25) is 0 Å². The highest BCUT2D eigenvalue weighted by molar-refractivity contribution is 5.97. The van der Waals surface area contributed by atoms with Crippen LogP contribution in [0.15, 0.2) is 17.2 Å². The topological polar surface area (TPSA) is 108 Å². The minimum Gasteiger partial charge on any atom is -0.396 e. The molecule has 94 valence electrons. The summed E-state index contributed by atoms with van der Waals surface area (Å²) in [5.41, 5.74) is 15.4. The van der Waals surface area contributed by atoms with Gasteiger partial charge in [0.05, 0.1) is 5.69 Å². The lowest BCUT2D eigenvalue weighted by Gasteiger charge is -2.17. The summed E-state index contributed by atoms with van der Waals surface area (Å²) in [6.45, 7) is 2.67. The van der Waals surface area contributed by atoms with Gasteiger partial charge in [-0.1, -0.05) is 5.11 Å². The van der Waals surface area contributed by atoms with Gasteiger partial charge in [-0.05, 0) is 30.5 Å². The Bertz CT molecular complexity index is 522. The van der Waals surface area contributed by atoms with E-state index in [1.54, 1.807) is 17.0 Å². The average Bonchev–Trinajstić information content (AvgIpc) is 2.71. The van der Waals surface area contributed by atoms with E-state index in [1.807, 2.05) is 6.92 Å². The number of hydrogen-bond donors (Lipinski definition) is 1. The van der Waals surface area contributed by atoms with Crippen LogP contribution in [0.25, 0.3) is 10.4 Å². The molecule has 2 N–H and O–H groups in total. The molecule has 1 atom stereocenters. The molecule has 1 aromatic heterocycles. The third-order valence-electron chi connectivity index (χ3n) is 2.91. The summed E-state index contributed by atoms with van der Waals surface area (Å²) in [6.07, 6.45) is 0.369. The van der Waals surface area contributed by atoms with E-state index in [9.17, 15) is 4.79 Å². The predicted molar refractivity (Wildman–Crippen MR) is 67.9 cm³/mol. The summed E-state index contributed by atoms with van der Waals surface area (Å²) in [5.74, 6) is 0.511. The van der Waals surface area contributed by atoms with E-state index in [0.717, 1.165) is 5.69 Å². The molecule has 1 aromatic rings. The fourth-order valence-corrected chi connectivity index (χ4v) is 2.03. The number of carbonyl (C=O) groups is 1. The molecule has 0 bridgehead atoms. The average molecular weight is 246 g/mol. The highest BCUT2D eigenvalue weighted by Crippen LogP contribution is 2.28. The molecular formula is C11H14N6O. The van der Waals surface area contributed by atoms with Gasteiger partial charge in [0.15, 0.2) is 5.82 Å². The Morgan fingerprint density at radius 1 is 1.67 bits per heavy atom. The number of anilines is 2. The van der Waals surface area contributed by atoms with E-state index in [0.29, 0.717) is 31.0 Å². The van der Waals surface area contributed by atoms with Crippen molar-refractivity contribution in [2.45, 2.75) is 13.3 Å². The van der Waals surface area contributed by atoms with Crippen LogP contribution in [0, 0.1) is 12.8 Å². The predicted octanol–water partition coefficient (Wildman–Crippen LogP) is 1.64. The smallest absolute Gasteiger partial charge is 0.228 e. The van der Waals surface area contributed by atoms with Gasteiger partial charge in [-0.15, -0.1) is 0 Å². The van der Waals surface area contributed by atoms with Crippen LogP contribution in [0.4, 0.5) is 11.5 Å². The Kier molecular flexibility index (Phi) is 3.34. The molecule has 1 unspecified atom stereocenters. The number of azide groups is 1. The number of aromatic nitrogens is 1. The molecule has 2 heterocycles. The van der Waals surface area contributed by atoms with Crippen molar-refractivity contribution >= 4 is 17.4 Å². The second kappa shape index (κ2) is 4.93. The van der Waals surface area contributed by atoms with E-state index < -0.39 is 0 Å². The van der Waals surface area contributed by atoms with Gasteiger partial charge in [0.1, 0.15) is 0 Å². The van der Waals surface area contributed by atoms with Gasteiger partial charge >= 0.3 is 0 Å². The number of rotatable bonds is 3. The van der Waals surface area contributed by atoms with Gasteiger partial charge in [-0.2, -0.15) is 0 Å². The lowest BCUT2D eigenvalue weighted by atomic mass is 10.1. The molecule has 1 saturated heterocycles. The number of nitrogens with zero attached hydrogens (tertiary/aromatic N) is 5. The quantitative estimate of drug-likeness (QED) is 0.497. The number of aryl methyl sites for hydroxylation is 1. The molecule has 7 heteroatoms. The first kappa shape index (κ1) is 12.2. The maximum absolute atomic E-state index is 11.9. The summed E-state index contributed by atoms with van der Waals surface area (Å²) in [6, 6.07) is 3.54. The van der Waals surface area contributed by atoms with E-state index in [2.05, 4.69) is 15.0 Å². The van der Waals surface area contributed by atoms with Crippen molar-refractivity contribution < 1.29 is 4.79 Å². The van der Waals surface area contributed by atoms with E-state index >= 15 is 0 Å². The van der Waals surface area contributed by atoms with Crippen LogP contribution in [-0.2, 0) is 4.79 Å². The van der Waals surface area contributed by atoms with Crippen LogP contribution < -0.4 is 10.6 Å². The van der Waals surface area contributed by atoms with E-state index in [-0.39, 0.29) is 11.8 Å². The molecule has 1 aliphatic heterocycles. The summed E-state index contributed by atoms with van der Waals surface area (Å²) in [4.78, 5) is 20.5. The fraction of sp³-hybridized carbons (Fsp3) is 0.455. The molecule has 18 heavy (non-hydrogen) atoms. The highest BCUT2D eigenvalue weighted by Gasteiger charge is 2.31. The Hall–Kier alpha value is -2.27. The summed E-state index contributed by atoms with van der Waals surface area (Å²) in [7, 11) is 0. The van der Waals surface area contributed by atoms with Crippen LogP contribution >= 0.6 is 0 Å². The standard InChI is InChI=1S/C11H14N6O/c1-7-2-3-9(12)11(15-7)17-6-8(4-10(17)18)5-14-16-13/h2-3,8H,4-6,12H2,1H3. The highest BCUT2D eigenvalue weighted by atomic mass is 16.2. The molecule has 1 fully saturated rings. The molecular weight excluding hydrogens is 232 g/mol. The monoisotopic (exact) mass is 246 g/mol. The molecule has 0 spiro atoms. The first-order valence-electron chi connectivity index (χ1n) is 5.66. The summed E-state index contributed by atoms with van der Waals surface area (Å²) in [5, 5.41) is 3.51. The van der Waals surface area contributed by atoms with Crippen molar-refractivity contribution in [1.29, 1.82) is 0 Å². The number of hydrogen-bond acceptors (Lipinski definition) is 4. The Labute approximate surface area is 104 Å². The maximum atomic E-state index is 11.9. The molecule has 0 radical (unpaired) electrons. The first-order valence-corrected chi connectivity index (χ1v) is 5.66. The van der Waals surface area contributed by atoms with Gasteiger partial charge in [0, 0.05) is 30.1 Å². The van der Waals surface area contributed by atoms with Crippen molar-refractivity contribution in [1.82, 2.24) is 4.98 Å². The normalized spacial score (nSPS) is 18.8. The lowest BCUT2D eigenvalue weighted by molar-refractivity contribution is -0.117. The molecule has 7 nitrogen and oxygen atoms in total. The lowest BCUT2D eigenvalue weighted by Crippen LogP contribution is -2.27. The van der Waals surface area contributed by atoms with Crippen molar-refractivity contribution in [3.05, 3.63) is 28.3 Å². The molecule has 1 amide bonds. The Balaban J connectivity index is 2.21. The molecule has 0 aliphatic carbocycles. The van der Waals surface area contributed by atoms with Crippen LogP contribution in [0.1, 0.15) is 12.1 Å². The number of pyridine rings is 1. The zero-order chi connectivity index (χ0) is 13.1. The number of nitrogen functional groups attached to an aromatic ring is 1. The maximum Gasteiger partial charge on any atom is 0.228 e. The molecule has 0 aromatic carbocycles. The first-order chi connectivity index (χ1) is 8.61. The summed E-state index contributed by atoms with van der Waals surface area (Å²) < 4.78 is 0. The van der Waals surface area contributed by atoms with Gasteiger partial charge in [0.2, 0.25) is 5.91 Å².